The molecule has 2 atom stereocenters. The lowest BCUT2D eigenvalue weighted by atomic mass is 9.67. The molecule has 2 aliphatic carbocycles. The van der Waals surface area contributed by atoms with Gasteiger partial charge in [0.25, 0.3) is 0 Å². The van der Waals surface area contributed by atoms with Crippen molar-refractivity contribution in [1.82, 2.24) is 10.6 Å². The third kappa shape index (κ3) is 3.52. The minimum Gasteiger partial charge on any atom is -0.355 e. The average Bonchev–Trinajstić information content (AvgIpc) is 2.97. The molecule has 2 saturated carbocycles. The summed E-state index contributed by atoms with van der Waals surface area (Å²) in [6.07, 6.45) is 1.84. The highest BCUT2D eigenvalue weighted by atomic mass is 19.4. The molecular formula is C17H27F3N2O. The fourth-order valence-corrected chi connectivity index (χ4v) is 4.80. The van der Waals surface area contributed by atoms with E-state index < -0.39 is 12.1 Å². The molecule has 0 spiro atoms. The number of nitrogens with one attached hydrogen (secondary N) is 2. The summed E-state index contributed by atoms with van der Waals surface area (Å²) in [5.74, 6) is -0.387. The topological polar surface area (TPSA) is 41.1 Å². The van der Waals surface area contributed by atoms with Crippen LogP contribution < -0.4 is 10.6 Å². The molecule has 0 aromatic rings. The zero-order valence-electron chi connectivity index (χ0n) is 13.6. The summed E-state index contributed by atoms with van der Waals surface area (Å²) in [6.45, 7) is 2.21. The molecule has 132 valence electrons. The van der Waals surface area contributed by atoms with Crippen LogP contribution in [-0.4, -0.2) is 31.7 Å². The predicted molar refractivity (Wildman–Crippen MR) is 81.8 cm³/mol. The van der Waals surface area contributed by atoms with Crippen LogP contribution in [0.2, 0.25) is 0 Å². The maximum absolute atomic E-state index is 12.7. The first kappa shape index (κ1) is 17.1. The van der Waals surface area contributed by atoms with E-state index in [4.69, 9.17) is 0 Å². The molecule has 2 N–H and O–H groups in total. The molecule has 3 aliphatic rings. The number of fused-ring (bicyclic) bond motifs is 1. The number of halogens is 3. The Labute approximate surface area is 135 Å². The largest absolute Gasteiger partial charge is 0.391 e. The van der Waals surface area contributed by atoms with E-state index in [1.807, 2.05) is 0 Å². The molecule has 0 aromatic heterocycles. The highest BCUT2D eigenvalue weighted by Crippen LogP contribution is 2.44. The predicted octanol–water partition coefficient (Wildman–Crippen LogP) is 3.25. The van der Waals surface area contributed by atoms with E-state index in [1.165, 1.54) is 6.42 Å². The Bertz CT molecular complexity index is 432. The van der Waals surface area contributed by atoms with Gasteiger partial charge in [0.2, 0.25) is 5.91 Å². The third-order valence-corrected chi connectivity index (χ3v) is 6.35. The van der Waals surface area contributed by atoms with Crippen molar-refractivity contribution in [3.63, 3.8) is 0 Å². The first-order chi connectivity index (χ1) is 10.9. The van der Waals surface area contributed by atoms with Crippen molar-refractivity contribution in [3.05, 3.63) is 0 Å². The lowest BCUT2D eigenvalue weighted by Gasteiger charge is -2.38. The molecule has 3 rings (SSSR count). The summed E-state index contributed by atoms with van der Waals surface area (Å²) in [5.41, 5.74) is -0.262. The fraction of sp³-hybridized carbons (Fsp3) is 0.941. The highest BCUT2D eigenvalue weighted by Gasteiger charge is 2.50. The average molecular weight is 332 g/mol. The van der Waals surface area contributed by atoms with Crippen LogP contribution in [-0.2, 0) is 4.79 Å². The number of amides is 1. The second kappa shape index (κ2) is 6.61. The van der Waals surface area contributed by atoms with Gasteiger partial charge in [-0.25, -0.2) is 0 Å². The van der Waals surface area contributed by atoms with Crippen LogP contribution in [0.4, 0.5) is 13.2 Å². The first-order valence-electron chi connectivity index (χ1n) is 8.97. The van der Waals surface area contributed by atoms with Crippen LogP contribution in [0.1, 0.15) is 51.4 Å². The van der Waals surface area contributed by atoms with Gasteiger partial charge >= 0.3 is 6.18 Å². The molecule has 0 radical (unpaired) electrons. The van der Waals surface area contributed by atoms with Gasteiger partial charge in [-0.1, -0.05) is 12.8 Å². The second-order valence-corrected chi connectivity index (χ2v) is 7.70. The molecule has 0 bridgehead atoms. The third-order valence-electron chi connectivity index (χ3n) is 6.35. The van der Waals surface area contributed by atoms with Gasteiger partial charge in [0, 0.05) is 13.1 Å². The number of carbonyl (C=O) groups is 1. The Hall–Kier alpha value is -0.780. The normalized spacial score (nSPS) is 38.1. The van der Waals surface area contributed by atoms with E-state index in [-0.39, 0.29) is 30.1 Å². The van der Waals surface area contributed by atoms with E-state index in [2.05, 4.69) is 10.6 Å². The minimum atomic E-state index is -4.06. The number of carbonyl (C=O) groups excluding carboxylic acids is 1. The Kier molecular flexibility index (Phi) is 4.90. The standard InChI is InChI=1S/C17H27F3N2O/c18-17(19,20)13-6-4-12(5-7-13)9-22-15(23)16-8-2-1-3-14(16)10-21-11-16/h12-14,21H,1-11H2,(H,22,23)/t12?,13?,14-,16+/m0/s1. The molecule has 1 heterocycles. The van der Waals surface area contributed by atoms with Crippen LogP contribution >= 0.6 is 0 Å². The van der Waals surface area contributed by atoms with Gasteiger partial charge in [-0.05, 0) is 56.9 Å². The molecular weight excluding hydrogens is 305 g/mol. The van der Waals surface area contributed by atoms with Crippen molar-refractivity contribution in [2.75, 3.05) is 19.6 Å². The van der Waals surface area contributed by atoms with Crippen molar-refractivity contribution >= 4 is 5.91 Å². The Morgan fingerprint density at radius 1 is 1.13 bits per heavy atom. The monoisotopic (exact) mass is 332 g/mol. The van der Waals surface area contributed by atoms with E-state index in [9.17, 15) is 18.0 Å². The lowest BCUT2D eigenvalue weighted by Crippen LogP contribution is -2.49. The quantitative estimate of drug-likeness (QED) is 0.833. The van der Waals surface area contributed by atoms with Gasteiger partial charge in [0.05, 0.1) is 11.3 Å². The number of rotatable bonds is 3. The smallest absolute Gasteiger partial charge is 0.355 e. The van der Waals surface area contributed by atoms with E-state index in [0.29, 0.717) is 25.3 Å². The van der Waals surface area contributed by atoms with Crippen molar-refractivity contribution in [3.8, 4) is 0 Å². The van der Waals surface area contributed by atoms with E-state index >= 15 is 0 Å². The molecule has 1 saturated heterocycles. The van der Waals surface area contributed by atoms with Crippen molar-refractivity contribution in [2.45, 2.75) is 57.5 Å². The van der Waals surface area contributed by atoms with Crippen molar-refractivity contribution < 1.29 is 18.0 Å². The Morgan fingerprint density at radius 3 is 2.57 bits per heavy atom. The molecule has 23 heavy (non-hydrogen) atoms. The lowest BCUT2D eigenvalue weighted by molar-refractivity contribution is -0.183. The molecule has 0 unspecified atom stereocenters. The summed E-state index contributed by atoms with van der Waals surface area (Å²) >= 11 is 0. The summed E-state index contributed by atoms with van der Waals surface area (Å²) in [6, 6.07) is 0. The maximum atomic E-state index is 12.7. The summed E-state index contributed by atoms with van der Waals surface area (Å²) < 4.78 is 38.1. The van der Waals surface area contributed by atoms with E-state index in [1.54, 1.807) is 0 Å². The molecule has 6 heteroatoms. The maximum Gasteiger partial charge on any atom is 0.391 e. The molecule has 3 fully saturated rings. The molecule has 0 aromatic carbocycles. The second-order valence-electron chi connectivity index (χ2n) is 7.70. The number of hydrogen-bond donors (Lipinski definition) is 2. The van der Waals surface area contributed by atoms with E-state index in [0.717, 1.165) is 32.4 Å². The van der Waals surface area contributed by atoms with Gasteiger partial charge < -0.3 is 10.6 Å². The Balaban J connectivity index is 1.48. The highest BCUT2D eigenvalue weighted by molar-refractivity contribution is 5.83. The van der Waals surface area contributed by atoms with Crippen LogP contribution in [0.25, 0.3) is 0 Å². The minimum absolute atomic E-state index is 0.130. The van der Waals surface area contributed by atoms with Gasteiger partial charge in [-0.15, -0.1) is 0 Å². The summed E-state index contributed by atoms with van der Waals surface area (Å²) in [5, 5.41) is 6.44. The number of hydrogen-bond acceptors (Lipinski definition) is 2. The van der Waals surface area contributed by atoms with Gasteiger partial charge in [0.15, 0.2) is 0 Å². The van der Waals surface area contributed by atoms with Crippen LogP contribution in [0.15, 0.2) is 0 Å². The Morgan fingerprint density at radius 2 is 1.87 bits per heavy atom. The van der Waals surface area contributed by atoms with Gasteiger partial charge in [-0.2, -0.15) is 13.2 Å². The van der Waals surface area contributed by atoms with Gasteiger partial charge in [-0.3, -0.25) is 4.79 Å². The van der Waals surface area contributed by atoms with Gasteiger partial charge in [0.1, 0.15) is 0 Å². The molecule has 1 aliphatic heterocycles. The van der Waals surface area contributed by atoms with Crippen LogP contribution in [0.5, 0.6) is 0 Å². The first-order valence-corrected chi connectivity index (χ1v) is 8.97. The molecule has 3 nitrogen and oxygen atoms in total. The fourth-order valence-electron chi connectivity index (χ4n) is 4.80. The van der Waals surface area contributed by atoms with Crippen LogP contribution in [0.3, 0.4) is 0 Å². The van der Waals surface area contributed by atoms with Crippen LogP contribution in [0, 0.1) is 23.2 Å². The summed E-state index contributed by atoms with van der Waals surface area (Å²) in [4.78, 5) is 12.7. The van der Waals surface area contributed by atoms with Crippen molar-refractivity contribution in [2.24, 2.45) is 23.2 Å². The zero-order chi connectivity index (χ0) is 16.5. The van der Waals surface area contributed by atoms with Crippen molar-refractivity contribution in [1.29, 1.82) is 0 Å². The summed E-state index contributed by atoms with van der Waals surface area (Å²) in [7, 11) is 0. The zero-order valence-corrected chi connectivity index (χ0v) is 13.6. The SMILES string of the molecule is O=C(NCC1CCC(C(F)(F)F)CC1)[C@@]12CCCC[C@H]1CNC2. The number of alkyl halides is 3. The molecule has 1 amide bonds.